The summed E-state index contributed by atoms with van der Waals surface area (Å²) < 4.78 is 140. The van der Waals surface area contributed by atoms with Crippen LogP contribution in [0.4, 0.5) is 35.1 Å². The summed E-state index contributed by atoms with van der Waals surface area (Å²) in [6, 6.07) is 0. The monoisotopic (exact) mass is 618 g/mol. The molecule has 0 bridgehead atoms. The van der Waals surface area contributed by atoms with Crippen LogP contribution in [-0.4, -0.2) is 24.8 Å². The molecule has 0 radical (unpaired) electrons. The van der Waals surface area contributed by atoms with E-state index in [2.05, 4.69) is 0 Å². The van der Waals surface area contributed by atoms with Gasteiger partial charge in [-0.15, -0.1) is 0 Å². The molecule has 43 heavy (non-hydrogen) atoms. The highest BCUT2D eigenvalue weighted by Crippen LogP contribution is 2.43. The van der Waals surface area contributed by atoms with Crippen LogP contribution in [0.25, 0.3) is 0 Å². The number of benzene rings is 2. The second-order valence-electron chi connectivity index (χ2n) is 12.6. The molecule has 2 heterocycles. The molecule has 0 aromatic heterocycles. The van der Waals surface area contributed by atoms with Crippen LogP contribution in [-0.2, 0) is 39.9 Å². The molecule has 0 N–H and O–H groups in total. The number of halogens is 8. The van der Waals surface area contributed by atoms with E-state index in [9.17, 15) is 0 Å². The first-order valence-electron chi connectivity index (χ1n) is 15.2. The van der Waals surface area contributed by atoms with Crippen molar-refractivity contribution in [1.82, 2.24) is 0 Å². The predicted molar refractivity (Wildman–Crippen MR) is 139 cm³/mol. The van der Waals surface area contributed by atoms with E-state index in [1.807, 2.05) is 0 Å². The minimum absolute atomic E-state index is 0.0120. The van der Waals surface area contributed by atoms with Crippen molar-refractivity contribution < 1.29 is 49.3 Å². The van der Waals surface area contributed by atoms with Crippen molar-refractivity contribution in [2.24, 2.45) is 11.8 Å². The predicted octanol–water partition coefficient (Wildman–Crippen LogP) is 8.30. The molecular weight excluding hydrogens is 584 g/mol. The SMILES string of the molecule is Fc1c(F)c(CC2(OC3(Cc4c(F)c(F)c(CC5CC5)c(F)c4F)CCCCO3)CCCCO2)c(F)c(F)c1CC1CC1. The Morgan fingerprint density at radius 1 is 0.488 bits per heavy atom. The average molecular weight is 619 g/mol. The lowest BCUT2D eigenvalue weighted by atomic mass is 9.91. The third-order valence-corrected chi connectivity index (χ3v) is 9.17. The van der Waals surface area contributed by atoms with Gasteiger partial charge in [-0.1, -0.05) is 0 Å². The smallest absolute Gasteiger partial charge is 0.175 e. The Hall–Kier alpha value is -2.24. The number of ether oxygens (including phenoxy) is 3. The van der Waals surface area contributed by atoms with Crippen LogP contribution in [0.3, 0.4) is 0 Å². The zero-order valence-electron chi connectivity index (χ0n) is 23.7. The topological polar surface area (TPSA) is 27.7 Å². The number of hydrogen-bond acceptors (Lipinski definition) is 3. The fourth-order valence-corrected chi connectivity index (χ4v) is 6.38. The second-order valence-corrected chi connectivity index (χ2v) is 12.6. The van der Waals surface area contributed by atoms with Crippen molar-refractivity contribution in [3.8, 4) is 0 Å². The normalized spacial score (nSPS) is 26.2. The van der Waals surface area contributed by atoms with Crippen molar-refractivity contribution >= 4 is 0 Å². The van der Waals surface area contributed by atoms with E-state index in [0.29, 0.717) is 25.7 Å². The van der Waals surface area contributed by atoms with Crippen molar-refractivity contribution in [3.63, 3.8) is 0 Å². The van der Waals surface area contributed by atoms with Gasteiger partial charge in [-0.2, -0.15) is 0 Å². The highest BCUT2D eigenvalue weighted by Gasteiger charge is 2.48. The van der Waals surface area contributed by atoms with E-state index in [0.717, 1.165) is 25.7 Å². The Morgan fingerprint density at radius 2 is 0.814 bits per heavy atom. The van der Waals surface area contributed by atoms with Crippen molar-refractivity contribution in [2.75, 3.05) is 13.2 Å². The molecule has 2 saturated heterocycles. The molecule has 2 atom stereocenters. The maximum atomic E-state index is 15.3. The minimum Gasteiger partial charge on any atom is -0.349 e. The van der Waals surface area contributed by atoms with Gasteiger partial charge in [0.2, 0.25) is 0 Å². The lowest BCUT2D eigenvalue weighted by Gasteiger charge is -2.47. The number of rotatable bonds is 10. The molecular formula is C32H34F8O3. The van der Waals surface area contributed by atoms with Crippen LogP contribution in [0.1, 0.15) is 86.5 Å². The average Bonchev–Trinajstić information content (AvgIpc) is 3.94. The summed E-state index contributed by atoms with van der Waals surface area (Å²) in [5.41, 5.74) is -3.12. The minimum atomic E-state index is -1.90. The first-order valence-corrected chi connectivity index (χ1v) is 15.2. The van der Waals surface area contributed by atoms with Gasteiger partial charge in [0.25, 0.3) is 0 Å². The van der Waals surface area contributed by atoms with Gasteiger partial charge in [-0.05, 0) is 76.0 Å². The van der Waals surface area contributed by atoms with E-state index < -0.39 is 93.2 Å². The zero-order chi connectivity index (χ0) is 30.5. The molecule has 4 aliphatic rings. The Morgan fingerprint density at radius 3 is 1.09 bits per heavy atom. The molecule has 4 fully saturated rings. The molecule has 3 nitrogen and oxygen atoms in total. The molecule has 2 aromatic rings. The third kappa shape index (κ3) is 6.18. The quantitative estimate of drug-likeness (QED) is 0.198. The third-order valence-electron chi connectivity index (χ3n) is 9.17. The van der Waals surface area contributed by atoms with Gasteiger partial charge in [-0.25, -0.2) is 35.1 Å². The summed E-state index contributed by atoms with van der Waals surface area (Å²) in [7, 11) is 0. The highest BCUT2D eigenvalue weighted by atomic mass is 19.2. The molecule has 11 heteroatoms. The van der Waals surface area contributed by atoms with Crippen LogP contribution in [0.15, 0.2) is 0 Å². The fourth-order valence-electron chi connectivity index (χ4n) is 6.38. The van der Waals surface area contributed by atoms with Gasteiger partial charge < -0.3 is 14.2 Å². The van der Waals surface area contributed by atoms with E-state index in [1.54, 1.807) is 0 Å². The first-order chi connectivity index (χ1) is 20.5. The molecule has 2 saturated carbocycles. The Balaban J connectivity index is 1.35. The summed E-state index contributed by atoms with van der Waals surface area (Å²) in [5, 5.41) is 0. The molecule has 0 spiro atoms. The van der Waals surface area contributed by atoms with Crippen LogP contribution in [0.2, 0.25) is 0 Å². The molecule has 2 aliphatic carbocycles. The van der Waals surface area contributed by atoms with E-state index in [1.165, 1.54) is 0 Å². The van der Waals surface area contributed by atoms with Crippen molar-refractivity contribution in [2.45, 2.75) is 101 Å². The summed E-state index contributed by atoms with van der Waals surface area (Å²) in [6.07, 6.45) is 3.10. The van der Waals surface area contributed by atoms with Crippen LogP contribution in [0, 0.1) is 58.4 Å². The molecule has 2 aromatic carbocycles. The summed E-state index contributed by atoms with van der Waals surface area (Å²) >= 11 is 0. The first kappa shape index (κ1) is 30.8. The molecule has 6 rings (SSSR count). The molecule has 2 aliphatic heterocycles. The van der Waals surface area contributed by atoms with E-state index >= 15 is 35.1 Å². The van der Waals surface area contributed by atoms with Gasteiger partial charge in [0, 0.05) is 47.9 Å². The molecule has 0 amide bonds. The Bertz CT molecular complexity index is 1210. The highest BCUT2D eigenvalue weighted by molar-refractivity contribution is 5.33. The van der Waals surface area contributed by atoms with Gasteiger partial charge in [-0.3, -0.25) is 0 Å². The molecule has 236 valence electrons. The maximum absolute atomic E-state index is 15.3. The van der Waals surface area contributed by atoms with Crippen molar-refractivity contribution in [3.05, 3.63) is 68.8 Å². The van der Waals surface area contributed by atoms with Crippen LogP contribution in [0.5, 0.6) is 0 Å². The van der Waals surface area contributed by atoms with Crippen LogP contribution >= 0.6 is 0 Å². The lowest BCUT2D eigenvalue weighted by Crippen LogP contribution is -2.53. The summed E-state index contributed by atoms with van der Waals surface area (Å²) in [5.74, 6) is -16.0. The summed E-state index contributed by atoms with van der Waals surface area (Å²) in [6.45, 7) is 0.123. The molecule has 2 unspecified atom stereocenters. The second kappa shape index (κ2) is 11.9. The Kier molecular flexibility index (Phi) is 8.54. The van der Waals surface area contributed by atoms with Gasteiger partial charge in [0.05, 0.1) is 13.2 Å². The Labute approximate surface area is 244 Å². The number of hydrogen-bond donors (Lipinski definition) is 0. The van der Waals surface area contributed by atoms with Crippen molar-refractivity contribution in [1.29, 1.82) is 0 Å². The maximum Gasteiger partial charge on any atom is 0.175 e. The van der Waals surface area contributed by atoms with Crippen LogP contribution < -0.4 is 0 Å². The van der Waals surface area contributed by atoms with Gasteiger partial charge >= 0.3 is 0 Å². The lowest BCUT2D eigenvalue weighted by molar-refractivity contribution is -0.376. The zero-order valence-corrected chi connectivity index (χ0v) is 23.7. The van der Waals surface area contributed by atoms with Gasteiger partial charge in [0.1, 0.15) is 0 Å². The van der Waals surface area contributed by atoms with Gasteiger partial charge in [0.15, 0.2) is 58.1 Å². The van der Waals surface area contributed by atoms with E-state index in [4.69, 9.17) is 14.2 Å². The van der Waals surface area contributed by atoms with E-state index in [-0.39, 0.29) is 50.7 Å². The largest absolute Gasteiger partial charge is 0.349 e. The fraction of sp³-hybridized carbons (Fsp3) is 0.625. The summed E-state index contributed by atoms with van der Waals surface area (Å²) in [4.78, 5) is 0. The standard InChI is InChI=1S/C32H34F8O3/c33-23-19(13-17-5-6-17)24(34)28(38)21(27(23)37)15-31(9-1-3-11-41-31)43-32(10-2-4-12-42-32)16-22-29(39)25(35)20(14-18-7-8-18)26(36)30(22)40/h17-18H,1-16H2.